The number of hydrogen-bond acceptors (Lipinski definition) is 7. The minimum atomic E-state index is -0.645. The summed E-state index contributed by atoms with van der Waals surface area (Å²) in [6, 6.07) is 6.71. The summed E-state index contributed by atoms with van der Waals surface area (Å²) in [4.78, 5) is 32.6. The van der Waals surface area contributed by atoms with E-state index in [1.54, 1.807) is 29.2 Å². The van der Waals surface area contributed by atoms with Crippen LogP contribution in [-0.2, 0) is 4.74 Å². The van der Waals surface area contributed by atoms with Crippen LogP contribution in [-0.4, -0.2) is 52.5 Å². The van der Waals surface area contributed by atoms with E-state index in [0.29, 0.717) is 30.9 Å². The van der Waals surface area contributed by atoms with E-state index < -0.39 is 11.4 Å². The number of anilines is 2. The van der Waals surface area contributed by atoms with Gasteiger partial charge in [0.2, 0.25) is 11.8 Å². The number of halogens is 1. The molecule has 31 heavy (non-hydrogen) atoms. The molecule has 1 fully saturated rings. The van der Waals surface area contributed by atoms with E-state index >= 15 is 0 Å². The molecular formula is C22H27FN4O4. The number of benzene rings is 1. The Balaban J connectivity index is 1.52. The van der Waals surface area contributed by atoms with Crippen LogP contribution in [0, 0.1) is 11.7 Å². The minimum absolute atomic E-state index is 0.128. The minimum Gasteiger partial charge on any atom is -0.475 e. The number of nitrogens with zero attached hydrogens (tertiary/aromatic N) is 3. The van der Waals surface area contributed by atoms with Crippen molar-refractivity contribution in [1.29, 1.82) is 0 Å². The highest BCUT2D eigenvalue weighted by Crippen LogP contribution is 2.23. The highest BCUT2D eigenvalue weighted by atomic mass is 19.1. The second kappa shape index (κ2) is 9.72. The van der Waals surface area contributed by atoms with E-state index in [0.717, 1.165) is 25.3 Å². The Morgan fingerprint density at radius 2 is 1.94 bits per heavy atom. The fourth-order valence-corrected chi connectivity index (χ4v) is 3.09. The maximum absolute atomic E-state index is 14.1. The zero-order valence-electron chi connectivity index (χ0n) is 17.9. The average molecular weight is 430 g/mol. The highest BCUT2D eigenvalue weighted by Gasteiger charge is 2.27. The Kier molecular flexibility index (Phi) is 7.04. The summed E-state index contributed by atoms with van der Waals surface area (Å²) in [5.41, 5.74) is 0.689. The van der Waals surface area contributed by atoms with E-state index in [-0.39, 0.29) is 23.8 Å². The zero-order chi connectivity index (χ0) is 22.4. The molecule has 1 N–H and O–H groups in total. The van der Waals surface area contributed by atoms with Gasteiger partial charge in [0.05, 0.1) is 12.8 Å². The SMILES string of the molecule is CC(C)(C)OC(=O)N1CCC(COc2nc(Nc3ccc(C=O)cc3)ncc2F)CC1. The Morgan fingerprint density at radius 3 is 2.55 bits per heavy atom. The molecule has 0 atom stereocenters. The summed E-state index contributed by atoms with van der Waals surface area (Å²) in [6.45, 7) is 6.95. The first-order chi connectivity index (χ1) is 14.7. The molecule has 3 rings (SSSR count). The summed E-state index contributed by atoms with van der Waals surface area (Å²) in [5.74, 6) is -0.403. The summed E-state index contributed by atoms with van der Waals surface area (Å²) < 4.78 is 25.1. The second-order valence-corrected chi connectivity index (χ2v) is 8.43. The number of piperidine rings is 1. The molecule has 0 aliphatic carbocycles. The van der Waals surface area contributed by atoms with Crippen LogP contribution in [0.4, 0.5) is 20.8 Å². The Labute approximate surface area is 180 Å². The van der Waals surface area contributed by atoms with Crippen molar-refractivity contribution in [2.75, 3.05) is 25.0 Å². The molecule has 8 nitrogen and oxygen atoms in total. The molecule has 0 unspecified atom stereocenters. The van der Waals surface area contributed by atoms with Gasteiger partial charge in [-0.3, -0.25) is 4.79 Å². The van der Waals surface area contributed by atoms with Crippen LogP contribution >= 0.6 is 0 Å². The maximum atomic E-state index is 14.1. The van der Waals surface area contributed by atoms with Gasteiger partial charge >= 0.3 is 6.09 Å². The van der Waals surface area contributed by atoms with Crippen molar-refractivity contribution >= 4 is 24.0 Å². The zero-order valence-corrected chi connectivity index (χ0v) is 17.9. The Hall–Kier alpha value is -3.23. The second-order valence-electron chi connectivity index (χ2n) is 8.43. The molecule has 0 radical (unpaired) electrons. The van der Waals surface area contributed by atoms with Gasteiger partial charge in [-0.15, -0.1) is 0 Å². The molecule has 2 heterocycles. The standard InChI is InChI=1S/C22H27FN4O4/c1-22(2,3)31-21(29)27-10-8-16(9-11-27)14-30-19-18(23)12-24-20(26-19)25-17-6-4-15(13-28)5-7-17/h4-7,12-13,16H,8-11,14H2,1-3H3,(H,24,25,26). The van der Waals surface area contributed by atoms with Gasteiger partial charge < -0.3 is 19.7 Å². The molecule has 0 bridgehead atoms. The lowest BCUT2D eigenvalue weighted by atomic mass is 9.98. The van der Waals surface area contributed by atoms with Crippen molar-refractivity contribution in [1.82, 2.24) is 14.9 Å². The third-order valence-electron chi connectivity index (χ3n) is 4.74. The Bertz CT molecular complexity index is 907. The quantitative estimate of drug-likeness (QED) is 0.687. The summed E-state index contributed by atoms with van der Waals surface area (Å²) in [7, 11) is 0. The average Bonchev–Trinajstić information content (AvgIpc) is 2.74. The lowest BCUT2D eigenvalue weighted by Gasteiger charge is -2.33. The normalized spacial score (nSPS) is 14.8. The molecular weight excluding hydrogens is 403 g/mol. The van der Waals surface area contributed by atoms with Crippen LogP contribution in [0.2, 0.25) is 0 Å². The van der Waals surface area contributed by atoms with Crippen LogP contribution in [0.3, 0.4) is 0 Å². The number of rotatable bonds is 6. The molecule has 166 valence electrons. The number of likely N-dealkylation sites (tertiary alicyclic amines) is 1. The summed E-state index contributed by atoms with van der Waals surface area (Å²) >= 11 is 0. The van der Waals surface area contributed by atoms with Crippen LogP contribution in [0.1, 0.15) is 44.0 Å². The molecule has 1 aliphatic heterocycles. The van der Waals surface area contributed by atoms with Crippen LogP contribution in [0.25, 0.3) is 0 Å². The predicted molar refractivity (Wildman–Crippen MR) is 113 cm³/mol. The Morgan fingerprint density at radius 1 is 1.26 bits per heavy atom. The number of hydrogen-bond donors (Lipinski definition) is 1. The topological polar surface area (TPSA) is 93.6 Å². The molecule has 2 aromatic rings. The van der Waals surface area contributed by atoms with Gasteiger partial charge in [-0.25, -0.2) is 9.78 Å². The van der Waals surface area contributed by atoms with Gasteiger partial charge in [-0.05, 0) is 63.8 Å². The van der Waals surface area contributed by atoms with Crippen molar-refractivity contribution in [3.05, 3.63) is 41.8 Å². The van der Waals surface area contributed by atoms with Crippen LogP contribution in [0.5, 0.6) is 5.88 Å². The fraction of sp³-hybridized carbons (Fsp3) is 0.455. The maximum Gasteiger partial charge on any atom is 0.410 e. The third kappa shape index (κ3) is 6.63. The molecule has 1 aromatic heterocycles. The van der Waals surface area contributed by atoms with Crippen molar-refractivity contribution in [3.8, 4) is 5.88 Å². The number of amides is 1. The predicted octanol–water partition coefficient (Wildman–Crippen LogP) is 4.20. The summed E-state index contributed by atoms with van der Waals surface area (Å²) in [6.07, 6.45) is 2.96. The monoisotopic (exact) mass is 430 g/mol. The van der Waals surface area contributed by atoms with Crippen LogP contribution in [0.15, 0.2) is 30.5 Å². The highest BCUT2D eigenvalue weighted by molar-refractivity contribution is 5.76. The van der Waals surface area contributed by atoms with Crippen molar-refractivity contribution < 1.29 is 23.5 Å². The van der Waals surface area contributed by atoms with Gasteiger partial charge in [0.25, 0.3) is 5.88 Å². The number of aromatic nitrogens is 2. The molecule has 0 saturated carbocycles. The molecule has 1 aliphatic rings. The number of ether oxygens (including phenoxy) is 2. The van der Waals surface area contributed by atoms with Gasteiger partial charge in [0, 0.05) is 24.3 Å². The van der Waals surface area contributed by atoms with Crippen molar-refractivity contribution in [3.63, 3.8) is 0 Å². The van der Waals surface area contributed by atoms with Crippen molar-refractivity contribution in [2.45, 2.75) is 39.2 Å². The van der Waals surface area contributed by atoms with Gasteiger partial charge in [-0.2, -0.15) is 9.37 Å². The van der Waals surface area contributed by atoms with Gasteiger partial charge in [0.15, 0.2) is 0 Å². The number of aldehydes is 1. The van der Waals surface area contributed by atoms with E-state index in [4.69, 9.17) is 9.47 Å². The molecule has 9 heteroatoms. The number of carbonyl (C=O) groups is 2. The number of carbonyl (C=O) groups excluding carboxylic acids is 2. The van der Waals surface area contributed by atoms with E-state index in [1.807, 2.05) is 20.8 Å². The smallest absolute Gasteiger partial charge is 0.410 e. The largest absolute Gasteiger partial charge is 0.475 e. The van der Waals surface area contributed by atoms with E-state index in [9.17, 15) is 14.0 Å². The third-order valence-corrected chi connectivity index (χ3v) is 4.74. The number of nitrogens with one attached hydrogen (secondary N) is 1. The molecule has 1 amide bonds. The first-order valence-corrected chi connectivity index (χ1v) is 10.2. The van der Waals surface area contributed by atoms with Gasteiger partial charge in [-0.1, -0.05) is 0 Å². The first-order valence-electron chi connectivity index (χ1n) is 10.2. The van der Waals surface area contributed by atoms with Gasteiger partial charge in [0.1, 0.15) is 11.9 Å². The molecule has 1 aromatic carbocycles. The lowest BCUT2D eigenvalue weighted by molar-refractivity contribution is 0.0163. The fourth-order valence-electron chi connectivity index (χ4n) is 3.09. The summed E-state index contributed by atoms with van der Waals surface area (Å²) in [5, 5.41) is 2.95. The van der Waals surface area contributed by atoms with E-state index in [2.05, 4.69) is 15.3 Å². The van der Waals surface area contributed by atoms with Crippen LogP contribution < -0.4 is 10.1 Å². The molecule has 0 spiro atoms. The van der Waals surface area contributed by atoms with Crippen molar-refractivity contribution in [2.24, 2.45) is 5.92 Å². The molecule has 1 saturated heterocycles. The lowest BCUT2D eigenvalue weighted by Crippen LogP contribution is -2.42. The van der Waals surface area contributed by atoms with E-state index in [1.165, 1.54) is 0 Å². The first kappa shape index (κ1) is 22.5.